The molecule has 1 aromatic carbocycles. The second-order valence-corrected chi connectivity index (χ2v) is 7.29. The van der Waals surface area contributed by atoms with Crippen LogP contribution in [0.15, 0.2) is 18.2 Å². The Balaban J connectivity index is 2.27. The number of hydrogen-bond acceptors (Lipinski definition) is 4. The maximum Gasteiger partial charge on any atom is 0.257 e. The smallest absolute Gasteiger partial charge is 0.257 e. The molecule has 0 unspecified atom stereocenters. The first kappa shape index (κ1) is 15.0. The zero-order valence-corrected chi connectivity index (χ0v) is 13.1. The van der Waals surface area contributed by atoms with Gasteiger partial charge in [-0.05, 0) is 32.9 Å². The highest BCUT2D eigenvalue weighted by Gasteiger charge is 2.31. The molecule has 1 aliphatic rings. The quantitative estimate of drug-likeness (QED) is 0.871. The van der Waals surface area contributed by atoms with Crippen molar-refractivity contribution in [3.8, 4) is 5.75 Å². The Morgan fingerprint density at radius 2 is 2.25 bits per heavy atom. The van der Waals surface area contributed by atoms with Crippen LogP contribution in [-0.4, -0.2) is 41.0 Å². The number of rotatable bonds is 3. The molecule has 1 fully saturated rings. The summed E-state index contributed by atoms with van der Waals surface area (Å²) in [6.45, 7) is 8.24. The van der Waals surface area contributed by atoms with E-state index in [0.29, 0.717) is 23.6 Å². The topological polar surface area (TPSA) is 55.6 Å². The number of para-hydroxylation sites is 1. The van der Waals surface area contributed by atoms with Gasteiger partial charge in [-0.1, -0.05) is 6.07 Å². The number of nitrogens with two attached hydrogens (primary N) is 1. The molecule has 0 bridgehead atoms. The van der Waals surface area contributed by atoms with Gasteiger partial charge in [-0.3, -0.25) is 4.79 Å². The summed E-state index contributed by atoms with van der Waals surface area (Å²) in [5, 5.41) is 0. The van der Waals surface area contributed by atoms with E-state index in [0.717, 1.165) is 18.8 Å². The van der Waals surface area contributed by atoms with Gasteiger partial charge in [-0.15, -0.1) is 0 Å². The summed E-state index contributed by atoms with van der Waals surface area (Å²) < 4.78 is 5.65. The van der Waals surface area contributed by atoms with E-state index in [1.807, 2.05) is 23.6 Å². The number of hydrogen-bond donors (Lipinski definition) is 1. The van der Waals surface area contributed by atoms with Gasteiger partial charge in [0.15, 0.2) is 5.75 Å². The van der Waals surface area contributed by atoms with Gasteiger partial charge in [0.25, 0.3) is 5.91 Å². The molecule has 1 saturated heterocycles. The predicted molar refractivity (Wildman–Crippen MR) is 84.5 cm³/mol. The summed E-state index contributed by atoms with van der Waals surface area (Å²) in [6.07, 6.45) is 0. The minimum atomic E-state index is 0.00845. The summed E-state index contributed by atoms with van der Waals surface area (Å²) in [5.41, 5.74) is 7.01. The average molecular weight is 294 g/mol. The van der Waals surface area contributed by atoms with Gasteiger partial charge in [0.1, 0.15) is 0 Å². The van der Waals surface area contributed by atoms with Gasteiger partial charge >= 0.3 is 0 Å². The van der Waals surface area contributed by atoms with Crippen LogP contribution in [-0.2, 0) is 0 Å². The summed E-state index contributed by atoms with van der Waals surface area (Å²) >= 11 is 1.90. The van der Waals surface area contributed by atoms with Crippen LogP contribution >= 0.6 is 11.8 Å². The van der Waals surface area contributed by atoms with Crippen molar-refractivity contribution in [1.82, 2.24) is 4.90 Å². The van der Waals surface area contributed by atoms with Crippen LogP contribution in [0, 0.1) is 0 Å². The maximum atomic E-state index is 12.7. The molecule has 1 amide bonds. The number of amides is 1. The molecular formula is C15H22N2O2S. The molecule has 110 valence electrons. The number of ether oxygens (including phenoxy) is 1. The molecule has 1 aromatic rings. The maximum absolute atomic E-state index is 12.7. The Labute approximate surface area is 124 Å². The largest absolute Gasteiger partial charge is 0.491 e. The van der Waals surface area contributed by atoms with Crippen molar-refractivity contribution >= 4 is 23.4 Å². The molecule has 0 aliphatic carbocycles. The summed E-state index contributed by atoms with van der Waals surface area (Å²) in [6, 6.07) is 5.35. The van der Waals surface area contributed by atoms with Gasteiger partial charge in [-0.2, -0.15) is 11.8 Å². The van der Waals surface area contributed by atoms with E-state index in [1.54, 1.807) is 18.2 Å². The van der Waals surface area contributed by atoms with Crippen molar-refractivity contribution in [1.29, 1.82) is 0 Å². The van der Waals surface area contributed by atoms with Gasteiger partial charge in [0.05, 0.1) is 17.9 Å². The fraction of sp³-hybridized carbons (Fsp3) is 0.533. The Kier molecular flexibility index (Phi) is 4.48. The second kappa shape index (κ2) is 5.95. The van der Waals surface area contributed by atoms with Gasteiger partial charge in [-0.25, -0.2) is 0 Å². The first-order valence-electron chi connectivity index (χ1n) is 6.89. The highest BCUT2D eigenvalue weighted by atomic mass is 32.2. The average Bonchev–Trinajstić information content (AvgIpc) is 2.39. The molecule has 0 aromatic heterocycles. The lowest BCUT2D eigenvalue weighted by atomic mass is 10.1. The van der Waals surface area contributed by atoms with E-state index >= 15 is 0 Å². The normalized spacial score (nSPS) is 17.9. The SMILES string of the molecule is CCOc1c(N)cccc1C(=O)N1CCSC(C)(C)C1. The number of benzene rings is 1. The molecule has 0 spiro atoms. The third kappa shape index (κ3) is 3.20. The van der Waals surface area contributed by atoms with Crippen molar-refractivity contribution in [2.24, 2.45) is 0 Å². The lowest BCUT2D eigenvalue weighted by Crippen LogP contribution is -2.46. The zero-order chi connectivity index (χ0) is 14.8. The lowest BCUT2D eigenvalue weighted by Gasteiger charge is -2.37. The Morgan fingerprint density at radius 3 is 2.90 bits per heavy atom. The lowest BCUT2D eigenvalue weighted by molar-refractivity contribution is 0.0744. The third-order valence-corrected chi connectivity index (χ3v) is 4.57. The molecule has 5 heteroatoms. The van der Waals surface area contributed by atoms with Crippen LogP contribution in [0.1, 0.15) is 31.1 Å². The van der Waals surface area contributed by atoms with Crippen molar-refractivity contribution < 1.29 is 9.53 Å². The van der Waals surface area contributed by atoms with E-state index in [-0.39, 0.29) is 10.7 Å². The molecule has 20 heavy (non-hydrogen) atoms. The fourth-order valence-corrected chi connectivity index (χ4v) is 3.50. The van der Waals surface area contributed by atoms with Gasteiger partial charge < -0.3 is 15.4 Å². The van der Waals surface area contributed by atoms with E-state index < -0.39 is 0 Å². The monoisotopic (exact) mass is 294 g/mol. The number of anilines is 1. The highest BCUT2D eigenvalue weighted by molar-refractivity contribution is 8.00. The van der Waals surface area contributed by atoms with Crippen molar-refractivity contribution in [2.75, 3.05) is 31.2 Å². The number of carbonyl (C=O) groups is 1. The highest BCUT2D eigenvalue weighted by Crippen LogP contribution is 2.32. The van der Waals surface area contributed by atoms with E-state index in [1.165, 1.54) is 0 Å². The Morgan fingerprint density at radius 1 is 1.50 bits per heavy atom. The Hall–Kier alpha value is -1.36. The molecule has 0 saturated carbocycles. The number of carbonyl (C=O) groups excluding carboxylic acids is 1. The van der Waals surface area contributed by atoms with Crippen molar-refractivity contribution in [3.05, 3.63) is 23.8 Å². The predicted octanol–water partition coefficient (Wildman–Crippen LogP) is 2.64. The fourth-order valence-electron chi connectivity index (χ4n) is 2.39. The minimum Gasteiger partial charge on any atom is -0.491 e. The van der Waals surface area contributed by atoms with Crippen LogP contribution < -0.4 is 10.5 Å². The number of thioether (sulfide) groups is 1. The molecule has 2 N–H and O–H groups in total. The Bertz CT molecular complexity index is 503. The van der Waals surface area contributed by atoms with Crippen molar-refractivity contribution in [2.45, 2.75) is 25.5 Å². The molecule has 0 radical (unpaired) electrons. The molecule has 2 rings (SSSR count). The molecule has 0 atom stereocenters. The van der Waals surface area contributed by atoms with Crippen molar-refractivity contribution in [3.63, 3.8) is 0 Å². The van der Waals surface area contributed by atoms with E-state index in [2.05, 4.69) is 13.8 Å². The van der Waals surface area contributed by atoms with E-state index in [9.17, 15) is 4.79 Å². The summed E-state index contributed by atoms with van der Waals surface area (Å²) in [4.78, 5) is 14.6. The van der Waals surface area contributed by atoms with Crippen LogP contribution in [0.25, 0.3) is 0 Å². The molecule has 4 nitrogen and oxygen atoms in total. The zero-order valence-electron chi connectivity index (χ0n) is 12.3. The molecule has 1 aliphatic heterocycles. The van der Waals surface area contributed by atoms with Gasteiger partial charge in [0, 0.05) is 23.6 Å². The number of nitrogens with zero attached hydrogens (tertiary/aromatic N) is 1. The van der Waals surface area contributed by atoms with Crippen LogP contribution in [0.3, 0.4) is 0 Å². The first-order valence-corrected chi connectivity index (χ1v) is 7.87. The minimum absolute atomic E-state index is 0.00845. The van der Waals surface area contributed by atoms with Crippen LogP contribution in [0.2, 0.25) is 0 Å². The first-order chi connectivity index (χ1) is 9.44. The number of nitrogen functional groups attached to an aromatic ring is 1. The summed E-state index contributed by atoms with van der Waals surface area (Å²) in [7, 11) is 0. The molecule has 1 heterocycles. The van der Waals surface area contributed by atoms with Gasteiger partial charge in [0.2, 0.25) is 0 Å². The standard InChI is InChI=1S/C15H22N2O2S/c1-4-19-13-11(6-5-7-12(13)16)14(18)17-8-9-20-15(2,3)10-17/h5-7H,4,8-10,16H2,1-3H3. The van der Waals surface area contributed by atoms with Crippen LogP contribution in [0.4, 0.5) is 5.69 Å². The van der Waals surface area contributed by atoms with Crippen LogP contribution in [0.5, 0.6) is 5.75 Å². The second-order valence-electron chi connectivity index (χ2n) is 5.49. The van der Waals surface area contributed by atoms with E-state index in [4.69, 9.17) is 10.5 Å². The third-order valence-electron chi connectivity index (χ3n) is 3.28. The summed E-state index contributed by atoms with van der Waals surface area (Å²) in [5.74, 6) is 1.48. The molecular weight excluding hydrogens is 272 g/mol.